The van der Waals surface area contributed by atoms with Crippen LogP contribution in [0, 0.1) is 17.8 Å². The van der Waals surface area contributed by atoms with E-state index >= 15 is 0 Å². The van der Waals surface area contributed by atoms with E-state index in [1.54, 1.807) is 41.5 Å². The predicted molar refractivity (Wildman–Crippen MR) is 307 cm³/mol. The van der Waals surface area contributed by atoms with Gasteiger partial charge in [-0.05, 0) is 75.0 Å². The number of carbonyl (C=O) groups excluding carboxylic acids is 11. The van der Waals surface area contributed by atoms with Crippen molar-refractivity contribution in [1.29, 1.82) is 0 Å². The Morgan fingerprint density at radius 2 is 1.17 bits per heavy atom. The van der Waals surface area contributed by atoms with Gasteiger partial charge in [-0.2, -0.15) is 0 Å². The number of nitrogens with two attached hydrogens (primary N) is 1. The van der Waals surface area contributed by atoms with Crippen molar-refractivity contribution in [3.05, 3.63) is 29.8 Å². The first-order valence-electron chi connectivity index (χ1n) is 29.5. The number of fused-ring (bicyclic) bond motifs is 2. The molecule has 0 bridgehead atoms. The molecule has 0 saturated carbocycles. The molecule has 4 rings (SSSR count). The standard InChI is InChI=1S/C58H93N11O15/c1-10-11-12-13-14-15-35-25-46(74)62-39(20-21-45(59)73)56(82)69-30-38(72)27-44(69)57(83)68-29-37(71)26-43(68)53(79)64-42(24-34-16-18-36(70)19-17-34)51(77)63-41(23-32(4)5)52(78)66-48(33(6)7)54(80)67-49(58(8,9)84)55(81)65-40(22-31(2)3)50(76)60-28-47(75)61-35/h16-19,31-33,35,37-44,48-49,70-72,84H,10-15,20-30H2,1-9H3,(H2,59,73)(H,60,76)(H,61,75)(H,62,74)(H,63,77)(H,64,79)(H,65,81)(H,66,78)(H,67,80)/t35-,37-,38-,39+,40+,41-,42+,43+,44+,48+,49+/m1/s1. The number of aromatic hydroxyl groups is 1. The van der Waals surface area contributed by atoms with Gasteiger partial charge in [0.05, 0.1) is 24.4 Å². The van der Waals surface area contributed by atoms with Gasteiger partial charge in [-0.25, -0.2) is 0 Å². The summed E-state index contributed by atoms with van der Waals surface area (Å²) in [5.74, 6) is -10.5. The minimum absolute atomic E-state index is 0.00583. The average molecular weight is 1180 g/mol. The van der Waals surface area contributed by atoms with Crippen molar-refractivity contribution in [2.75, 3.05) is 19.6 Å². The second-order valence-electron chi connectivity index (χ2n) is 24.4. The molecule has 3 aliphatic heterocycles. The van der Waals surface area contributed by atoms with Gasteiger partial charge in [0.15, 0.2) is 0 Å². The molecule has 3 saturated heterocycles. The monoisotopic (exact) mass is 1180 g/mol. The lowest BCUT2D eigenvalue weighted by Gasteiger charge is -2.33. The molecule has 14 N–H and O–H groups in total. The molecule has 0 spiro atoms. The Balaban J connectivity index is 1.83. The number of primary amides is 1. The SMILES string of the molecule is CCCCCCC[C@@H]1CC(=O)N[C@@H](CCC(N)=O)C(=O)N2C[C@H](O)C[C@H]2C(=O)N2C[C@H](O)C[C@H]2C(=O)N[C@@H](Cc2ccc(O)cc2)C(=O)N[C@H](CC(C)C)C(=O)N[C@@H](C(C)C)C(=O)N[C@H](C(C)(C)O)C(=O)N[C@@H](CC(C)C)C(=O)NCC(=O)N1. The van der Waals surface area contributed by atoms with Gasteiger partial charge in [-0.15, -0.1) is 0 Å². The highest BCUT2D eigenvalue weighted by Gasteiger charge is 2.48. The number of aliphatic hydroxyl groups excluding tert-OH is 2. The Labute approximate surface area is 492 Å². The molecule has 84 heavy (non-hydrogen) atoms. The number of hydrogen-bond donors (Lipinski definition) is 13. The third-order valence-electron chi connectivity index (χ3n) is 15.1. The van der Waals surface area contributed by atoms with E-state index in [1.165, 1.54) is 38.1 Å². The number of phenols is 1. The smallest absolute Gasteiger partial charge is 0.246 e. The molecule has 1 aromatic rings. The van der Waals surface area contributed by atoms with Crippen molar-refractivity contribution in [3.63, 3.8) is 0 Å². The van der Waals surface area contributed by atoms with E-state index in [4.69, 9.17) is 5.73 Å². The zero-order chi connectivity index (χ0) is 62.7. The van der Waals surface area contributed by atoms with E-state index in [-0.39, 0.29) is 62.5 Å². The molecular formula is C58H93N11O15. The fourth-order valence-corrected chi connectivity index (χ4v) is 10.7. The molecule has 0 aliphatic carbocycles. The van der Waals surface area contributed by atoms with Crippen LogP contribution in [0.1, 0.15) is 151 Å². The van der Waals surface area contributed by atoms with E-state index in [2.05, 4.69) is 42.5 Å². The van der Waals surface area contributed by atoms with Gasteiger partial charge in [-0.1, -0.05) is 92.7 Å². The number of rotatable bonds is 17. The number of phenolic OH excluding ortho intramolecular Hbond substituents is 1. The summed E-state index contributed by atoms with van der Waals surface area (Å²) in [6.07, 6.45) is -0.0790. The molecule has 1 aromatic carbocycles. The van der Waals surface area contributed by atoms with Crippen LogP contribution in [-0.4, -0.2) is 187 Å². The molecule has 26 nitrogen and oxygen atoms in total. The maximum Gasteiger partial charge on any atom is 0.246 e. The summed E-state index contributed by atoms with van der Waals surface area (Å²) >= 11 is 0. The average Bonchev–Trinajstić information content (AvgIpc) is 4.23. The Kier molecular flexibility index (Phi) is 26.8. The highest BCUT2D eigenvalue weighted by Crippen LogP contribution is 2.28. The second kappa shape index (κ2) is 32.4. The first kappa shape index (κ1) is 69.6. The fraction of sp³-hybridized carbons (Fsp3) is 0.707. The van der Waals surface area contributed by atoms with E-state index in [1.807, 2.05) is 6.92 Å². The summed E-state index contributed by atoms with van der Waals surface area (Å²) in [5, 5.41) is 64.7. The molecule has 26 heteroatoms. The molecule has 0 aromatic heterocycles. The maximum atomic E-state index is 14.7. The van der Waals surface area contributed by atoms with Gasteiger partial charge in [0, 0.05) is 51.2 Å². The van der Waals surface area contributed by atoms with Crippen LogP contribution in [0.5, 0.6) is 5.75 Å². The second-order valence-corrected chi connectivity index (χ2v) is 24.4. The first-order chi connectivity index (χ1) is 39.4. The quantitative estimate of drug-likeness (QED) is 0.0825. The minimum Gasteiger partial charge on any atom is -0.508 e. The summed E-state index contributed by atoms with van der Waals surface area (Å²) in [7, 11) is 0. The molecule has 3 aliphatic rings. The van der Waals surface area contributed by atoms with Crippen molar-refractivity contribution < 1.29 is 73.2 Å². The number of carbonyl (C=O) groups is 11. The zero-order valence-corrected chi connectivity index (χ0v) is 50.2. The molecule has 3 fully saturated rings. The van der Waals surface area contributed by atoms with Crippen LogP contribution >= 0.6 is 0 Å². The molecule has 470 valence electrons. The van der Waals surface area contributed by atoms with Crippen LogP contribution in [0.15, 0.2) is 24.3 Å². The lowest BCUT2D eigenvalue weighted by molar-refractivity contribution is -0.148. The molecule has 11 atom stereocenters. The molecule has 11 amide bonds. The number of nitrogens with one attached hydrogen (secondary N) is 8. The van der Waals surface area contributed by atoms with E-state index in [0.717, 1.165) is 35.5 Å². The number of amides is 11. The predicted octanol–water partition coefficient (Wildman–Crippen LogP) is -1.08. The summed E-state index contributed by atoms with van der Waals surface area (Å²) in [4.78, 5) is 157. The fourth-order valence-electron chi connectivity index (χ4n) is 10.7. The van der Waals surface area contributed by atoms with Crippen LogP contribution in [0.2, 0.25) is 0 Å². The summed E-state index contributed by atoms with van der Waals surface area (Å²) in [6.45, 7) is 13.5. The lowest BCUT2D eigenvalue weighted by atomic mass is 9.94. The van der Waals surface area contributed by atoms with Crippen LogP contribution in [-0.2, 0) is 59.2 Å². The first-order valence-corrected chi connectivity index (χ1v) is 29.5. The molecular weight excluding hydrogens is 1090 g/mol. The number of benzene rings is 1. The molecule has 0 unspecified atom stereocenters. The Bertz CT molecular complexity index is 2470. The van der Waals surface area contributed by atoms with Crippen LogP contribution in [0.4, 0.5) is 0 Å². The van der Waals surface area contributed by atoms with Crippen LogP contribution in [0.3, 0.4) is 0 Å². The zero-order valence-electron chi connectivity index (χ0n) is 50.2. The highest BCUT2D eigenvalue weighted by atomic mass is 16.3. The third kappa shape index (κ3) is 21.6. The van der Waals surface area contributed by atoms with Gasteiger partial charge in [-0.3, -0.25) is 52.7 Å². The number of unbranched alkanes of at least 4 members (excludes halogenated alkanes) is 4. The number of aliphatic hydroxyl groups is 3. The summed E-state index contributed by atoms with van der Waals surface area (Å²) in [5.41, 5.74) is 3.98. The van der Waals surface area contributed by atoms with E-state index in [0.29, 0.717) is 18.4 Å². The Morgan fingerprint density at radius 3 is 1.74 bits per heavy atom. The molecule has 0 radical (unpaired) electrons. The third-order valence-corrected chi connectivity index (χ3v) is 15.1. The van der Waals surface area contributed by atoms with Crippen molar-refractivity contribution in [3.8, 4) is 5.75 Å². The number of hydrogen-bond acceptors (Lipinski definition) is 15. The van der Waals surface area contributed by atoms with Gasteiger partial charge in [0.25, 0.3) is 0 Å². The van der Waals surface area contributed by atoms with Crippen molar-refractivity contribution in [2.24, 2.45) is 23.5 Å². The van der Waals surface area contributed by atoms with Crippen molar-refractivity contribution >= 4 is 65.0 Å². The van der Waals surface area contributed by atoms with Gasteiger partial charge < -0.3 is 78.5 Å². The maximum absolute atomic E-state index is 14.7. The minimum atomic E-state index is -1.97. The molecule has 3 heterocycles. The highest BCUT2D eigenvalue weighted by molar-refractivity contribution is 5.99. The van der Waals surface area contributed by atoms with Crippen LogP contribution < -0.4 is 48.3 Å². The van der Waals surface area contributed by atoms with E-state index in [9.17, 15) is 73.2 Å². The summed E-state index contributed by atoms with van der Waals surface area (Å²) in [6, 6.07) is -6.79. The van der Waals surface area contributed by atoms with Crippen molar-refractivity contribution in [1.82, 2.24) is 52.3 Å². The topological polar surface area (TPSA) is 397 Å². The van der Waals surface area contributed by atoms with Crippen molar-refractivity contribution in [2.45, 2.75) is 224 Å². The van der Waals surface area contributed by atoms with Gasteiger partial charge in [0.2, 0.25) is 65.0 Å². The van der Waals surface area contributed by atoms with Gasteiger partial charge in [0.1, 0.15) is 54.1 Å². The Hall–Kier alpha value is -6.93. The lowest BCUT2D eigenvalue weighted by Crippen LogP contribution is -2.64. The van der Waals surface area contributed by atoms with Gasteiger partial charge >= 0.3 is 0 Å². The van der Waals surface area contributed by atoms with Crippen LogP contribution in [0.25, 0.3) is 0 Å². The summed E-state index contributed by atoms with van der Waals surface area (Å²) < 4.78 is 0. The normalized spacial score (nSPS) is 27.4. The largest absolute Gasteiger partial charge is 0.508 e. The van der Waals surface area contributed by atoms with E-state index < -0.39 is 169 Å². The Morgan fingerprint density at radius 1 is 0.619 bits per heavy atom. The number of nitrogens with zero attached hydrogens (tertiary/aromatic N) is 2.